The molecule has 1 heteroatoms. The lowest BCUT2D eigenvalue weighted by Gasteiger charge is -1.96. The van der Waals surface area contributed by atoms with Crippen LogP contribution < -0.4 is 0 Å². The minimum atomic E-state index is 0.770. The predicted octanol–water partition coefficient (Wildman–Crippen LogP) is 3.29. The van der Waals surface area contributed by atoms with E-state index in [9.17, 15) is 0 Å². The lowest BCUT2D eigenvalue weighted by Crippen LogP contribution is -1.81. The summed E-state index contributed by atoms with van der Waals surface area (Å²) in [6.07, 6.45) is 10.8. The van der Waals surface area contributed by atoms with Crippen molar-refractivity contribution >= 4 is 0 Å². The molecular formula is C12H13N. The Bertz CT molecular complexity index is 346. The van der Waals surface area contributed by atoms with Crippen LogP contribution in [-0.4, -0.2) is 0 Å². The molecule has 0 saturated carbocycles. The molecule has 0 aromatic carbocycles. The maximum absolute atomic E-state index is 8.88. The van der Waals surface area contributed by atoms with Crippen LogP contribution in [0.5, 0.6) is 0 Å². The van der Waals surface area contributed by atoms with Gasteiger partial charge in [-0.2, -0.15) is 5.26 Å². The van der Waals surface area contributed by atoms with Crippen molar-refractivity contribution in [2.75, 3.05) is 0 Å². The molecule has 0 unspecified atom stereocenters. The van der Waals surface area contributed by atoms with Crippen LogP contribution in [0.3, 0.4) is 0 Å². The second-order valence-corrected chi connectivity index (χ2v) is 3.04. The second kappa shape index (κ2) is 4.47. The molecule has 66 valence electrons. The minimum Gasteiger partial charge on any atom is -0.192 e. The zero-order valence-electron chi connectivity index (χ0n) is 8.04. The van der Waals surface area contributed by atoms with Gasteiger partial charge in [-0.15, -0.1) is 0 Å². The van der Waals surface area contributed by atoms with Crippen LogP contribution in [0.4, 0.5) is 0 Å². The van der Waals surface area contributed by atoms with Crippen molar-refractivity contribution in [1.29, 1.82) is 5.26 Å². The first kappa shape index (κ1) is 9.54. The van der Waals surface area contributed by atoms with Gasteiger partial charge in [0.25, 0.3) is 0 Å². The van der Waals surface area contributed by atoms with Crippen molar-refractivity contribution in [1.82, 2.24) is 0 Å². The summed E-state index contributed by atoms with van der Waals surface area (Å²) in [5.74, 6) is 0. The Morgan fingerprint density at radius 1 is 1.46 bits per heavy atom. The summed E-state index contributed by atoms with van der Waals surface area (Å²) in [7, 11) is 0. The van der Waals surface area contributed by atoms with Crippen LogP contribution >= 0.6 is 0 Å². The van der Waals surface area contributed by atoms with Crippen molar-refractivity contribution in [2.45, 2.75) is 20.3 Å². The lowest BCUT2D eigenvalue weighted by molar-refractivity contribution is 1.24. The third-order valence-electron chi connectivity index (χ3n) is 1.99. The van der Waals surface area contributed by atoms with Gasteiger partial charge >= 0.3 is 0 Å². The average Bonchev–Trinajstić information content (AvgIpc) is 2.30. The van der Waals surface area contributed by atoms with Crippen molar-refractivity contribution in [3.8, 4) is 6.07 Å². The zero-order valence-corrected chi connectivity index (χ0v) is 8.04. The van der Waals surface area contributed by atoms with E-state index in [2.05, 4.69) is 12.1 Å². The highest BCUT2D eigenvalue weighted by atomic mass is 14.2. The standard InChI is InChI=1S/C12H13N/c1-3-4-11-7-5-10(2)6-8-12(11)9-13/h3-6,8H,7H2,1-2H3/b4-3-. The Balaban J connectivity index is 3.06. The molecule has 0 N–H and O–H groups in total. The SMILES string of the molecule is C/C=C\C1=C(C#N)C=CC(C)=CC1. The van der Waals surface area contributed by atoms with Crippen LogP contribution in [0.25, 0.3) is 0 Å². The Hall–Kier alpha value is -1.55. The third-order valence-corrected chi connectivity index (χ3v) is 1.99. The summed E-state index contributed by atoms with van der Waals surface area (Å²) in [6, 6.07) is 2.21. The molecule has 1 aliphatic rings. The van der Waals surface area contributed by atoms with E-state index in [1.807, 2.05) is 38.2 Å². The molecule has 0 heterocycles. The summed E-state index contributed by atoms with van der Waals surface area (Å²) in [5, 5.41) is 8.88. The average molecular weight is 171 g/mol. The summed E-state index contributed by atoms with van der Waals surface area (Å²) in [6.45, 7) is 4.01. The van der Waals surface area contributed by atoms with E-state index in [1.165, 1.54) is 5.57 Å². The molecule has 0 fully saturated rings. The lowest BCUT2D eigenvalue weighted by atomic mass is 10.1. The van der Waals surface area contributed by atoms with Gasteiger partial charge in [0.05, 0.1) is 11.6 Å². The van der Waals surface area contributed by atoms with E-state index in [0.29, 0.717) is 0 Å². The highest BCUT2D eigenvalue weighted by Gasteiger charge is 2.02. The van der Waals surface area contributed by atoms with Gasteiger partial charge in [0.15, 0.2) is 0 Å². The number of allylic oxidation sites excluding steroid dienone is 8. The monoisotopic (exact) mass is 171 g/mol. The van der Waals surface area contributed by atoms with E-state index in [4.69, 9.17) is 5.26 Å². The van der Waals surface area contributed by atoms with Crippen LogP contribution in [0.15, 0.2) is 47.1 Å². The molecule has 0 aromatic heterocycles. The van der Waals surface area contributed by atoms with Gasteiger partial charge in [0.2, 0.25) is 0 Å². The van der Waals surface area contributed by atoms with Gasteiger partial charge in [-0.1, -0.05) is 29.9 Å². The number of nitriles is 1. The Kier molecular flexibility index (Phi) is 3.28. The Labute approximate surface area is 79.4 Å². The van der Waals surface area contributed by atoms with Gasteiger partial charge in [0, 0.05) is 0 Å². The molecule has 13 heavy (non-hydrogen) atoms. The van der Waals surface area contributed by atoms with Gasteiger partial charge in [-0.05, 0) is 31.9 Å². The molecule has 1 aliphatic carbocycles. The summed E-state index contributed by atoms with van der Waals surface area (Å²) in [5.41, 5.74) is 3.08. The fourth-order valence-corrected chi connectivity index (χ4v) is 1.24. The fourth-order valence-electron chi connectivity index (χ4n) is 1.24. The van der Waals surface area contributed by atoms with Crippen molar-refractivity contribution in [2.24, 2.45) is 0 Å². The van der Waals surface area contributed by atoms with Gasteiger partial charge in [-0.3, -0.25) is 0 Å². The van der Waals surface area contributed by atoms with Gasteiger partial charge < -0.3 is 0 Å². The molecule has 0 radical (unpaired) electrons. The highest BCUT2D eigenvalue weighted by molar-refractivity contribution is 5.47. The molecule has 1 rings (SSSR count). The molecule has 0 bridgehead atoms. The van der Waals surface area contributed by atoms with Gasteiger partial charge in [-0.25, -0.2) is 0 Å². The molecule has 0 aromatic rings. The molecular weight excluding hydrogens is 158 g/mol. The third kappa shape index (κ3) is 2.45. The molecule has 0 spiro atoms. The quantitative estimate of drug-likeness (QED) is 0.594. The molecule has 1 nitrogen and oxygen atoms in total. The van der Waals surface area contributed by atoms with E-state index in [-0.39, 0.29) is 0 Å². The highest BCUT2D eigenvalue weighted by Crippen LogP contribution is 2.18. The fraction of sp³-hybridized carbons (Fsp3) is 0.250. The first-order valence-corrected chi connectivity index (χ1v) is 4.38. The topological polar surface area (TPSA) is 23.8 Å². The minimum absolute atomic E-state index is 0.770. The van der Waals surface area contributed by atoms with Crippen molar-refractivity contribution in [3.63, 3.8) is 0 Å². The van der Waals surface area contributed by atoms with Crippen LogP contribution in [0.2, 0.25) is 0 Å². The number of nitrogens with zero attached hydrogens (tertiary/aromatic N) is 1. The maximum Gasteiger partial charge on any atom is 0.0994 e. The molecule has 0 amide bonds. The smallest absolute Gasteiger partial charge is 0.0994 e. The number of hydrogen-bond acceptors (Lipinski definition) is 1. The Morgan fingerprint density at radius 2 is 2.23 bits per heavy atom. The van der Waals surface area contributed by atoms with Crippen molar-refractivity contribution in [3.05, 3.63) is 47.1 Å². The summed E-state index contributed by atoms with van der Waals surface area (Å²) >= 11 is 0. The molecule has 0 atom stereocenters. The first-order chi connectivity index (χ1) is 6.27. The van der Waals surface area contributed by atoms with Crippen LogP contribution in [-0.2, 0) is 0 Å². The number of rotatable bonds is 1. The van der Waals surface area contributed by atoms with Gasteiger partial charge in [0.1, 0.15) is 0 Å². The van der Waals surface area contributed by atoms with Crippen molar-refractivity contribution < 1.29 is 0 Å². The van der Waals surface area contributed by atoms with E-state index >= 15 is 0 Å². The van der Waals surface area contributed by atoms with Crippen LogP contribution in [0.1, 0.15) is 20.3 Å². The first-order valence-electron chi connectivity index (χ1n) is 4.38. The zero-order chi connectivity index (χ0) is 9.68. The Morgan fingerprint density at radius 3 is 2.85 bits per heavy atom. The van der Waals surface area contributed by atoms with E-state index in [0.717, 1.165) is 17.6 Å². The van der Waals surface area contributed by atoms with E-state index in [1.54, 1.807) is 0 Å². The molecule has 0 saturated heterocycles. The molecule has 0 aliphatic heterocycles. The number of hydrogen-bond donors (Lipinski definition) is 0. The second-order valence-electron chi connectivity index (χ2n) is 3.04. The largest absolute Gasteiger partial charge is 0.192 e. The predicted molar refractivity (Wildman–Crippen MR) is 55.0 cm³/mol. The normalized spacial score (nSPS) is 17.2. The summed E-state index contributed by atoms with van der Waals surface area (Å²) < 4.78 is 0. The summed E-state index contributed by atoms with van der Waals surface area (Å²) in [4.78, 5) is 0. The van der Waals surface area contributed by atoms with Crippen LogP contribution in [0, 0.1) is 11.3 Å². The van der Waals surface area contributed by atoms with E-state index < -0.39 is 0 Å². The maximum atomic E-state index is 8.88.